The number of hydrogen-bond acceptors (Lipinski definition) is 6. The molecule has 30 heavy (non-hydrogen) atoms. The van der Waals surface area contributed by atoms with Crippen LogP contribution in [0.25, 0.3) is 0 Å². The van der Waals surface area contributed by atoms with Gasteiger partial charge in [0.15, 0.2) is 11.5 Å². The molecule has 1 aliphatic heterocycles. The summed E-state index contributed by atoms with van der Waals surface area (Å²) in [6.45, 7) is 2.05. The second-order valence-corrected chi connectivity index (χ2v) is 7.11. The molecule has 0 aliphatic carbocycles. The maximum absolute atomic E-state index is 6.20. The maximum atomic E-state index is 6.20. The van der Waals surface area contributed by atoms with Crippen LogP contribution < -0.4 is 14.8 Å². The van der Waals surface area contributed by atoms with Gasteiger partial charge >= 0.3 is 0 Å². The summed E-state index contributed by atoms with van der Waals surface area (Å²) < 4.78 is 12.2. The van der Waals surface area contributed by atoms with Crippen LogP contribution in [0.4, 0.5) is 0 Å². The highest BCUT2D eigenvalue weighted by molar-refractivity contribution is 6.00. The minimum absolute atomic E-state index is 0.503. The van der Waals surface area contributed by atoms with Gasteiger partial charge < -0.3 is 14.8 Å². The number of nitrogens with zero attached hydrogens (tertiary/aromatic N) is 3. The van der Waals surface area contributed by atoms with Crippen LogP contribution >= 0.6 is 0 Å². The zero-order valence-electron chi connectivity index (χ0n) is 17.0. The summed E-state index contributed by atoms with van der Waals surface area (Å²) in [5.74, 6) is 2.66. The molecule has 1 aliphatic rings. The largest absolute Gasteiger partial charge is 0.490 e. The summed E-state index contributed by atoms with van der Waals surface area (Å²) in [7, 11) is 0. The maximum Gasteiger partial charge on any atom is 0.230 e. The van der Waals surface area contributed by atoms with E-state index in [4.69, 9.17) is 14.5 Å². The van der Waals surface area contributed by atoms with E-state index in [-0.39, 0.29) is 0 Å². The van der Waals surface area contributed by atoms with Crippen molar-refractivity contribution in [1.82, 2.24) is 15.3 Å². The summed E-state index contributed by atoms with van der Waals surface area (Å²) in [6.07, 6.45) is 9.64. The number of aliphatic imine (C=N–C) groups is 1. The van der Waals surface area contributed by atoms with Gasteiger partial charge in [0, 0.05) is 31.7 Å². The first-order valence-corrected chi connectivity index (χ1v) is 10.4. The first-order valence-electron chi connectivity index (χ1n) is 10.4. The molecule has 0 atom stereocenters. The summed E-state index contributed by atoms with van der Waals surface area (Å²) in [5.41, 5.74) is 1.91. The molecule has 1 N–H and O–H groups in total. The number of pyridine rings is 2. The number of nitrogens with one attached hydrogen (secondary N) is 1. The predicted molar refractivity (Wildman–Crippen MR) is 117 cm³/mol. The van der Waals surface area contributed by atoms with Crippen molar-refractivity contribution in [3.63, 3.8) is 0 Å². The number of rotatable bonds is 2. The minimum atomic E-state index is 0.503. The molecule has 0 spiro atoms. The van der Waals surface area contributed by atoms with Crippen LogP contribution in [0.3, 0.4) is 0 Å². The summed E-state index contributed by atoms with van der Waals surface area (Å²) in [6, 6.07) is 15.6. The molecule has 0 unspecified atom stereocenters. The third kappa shape index (κ3) is 5.35. The van der Waals surface area contributed by atoms with Crippen molar-refractivity contribution in [1.29, 1.82) is 0 Å². The molecule has 4 rings (SSSR count). The van der Waals surface area contributed by atoms with E-state index < -0.39 is 0 Å². The topological polar surface area (TPSA) is 68.6 Å². The highest BCUT2D eigenvalue weighted by Crippen LogP contribution is 2.32. The van der Waals surface area contributed by atoms with Crippen LogP contribution in [-0.2, 0) is 6.54 Å². The Morgan fingerprint density at radius 3 is 2.63 bits per heavy atom. The molecule has 2 aromatic heterocycles. The number of ether oxygens (including phenoxy) is 2. The molecule has 154 valence electrons. The second-order valence-electron chi connectivity index (χ2n) is 7.11. The van der Waals surface area contributed by atoms with E-state index in [1.54, 1.807) is 12.4 Å². The van der Waals surface area contributed by atoms with E-state index in [0.29, 0.717) is 24.8 Å². The molecule has 0 amide bonds. The minimum Gasteiger partial charge on any atom is -0.490 e. The Balaban J connectivity index is 1.65. The molecular formula is C24H26N4O2. The van der Waals surface area contributed by atoms with Crippen molar-refractivity contribution >= 4 is 5.84 Å². The lowest BCUT2D eigenvalue weighted by atomic mass is 10.2. The van der Waals surface area contributed by atoms with Crippen LogP contribution in [0.2, 0.25) is 0 Å². The smallest absolute Gasteiger partial charge is 0.230 e. The lowest BCUT2D eigenvalue weighted by Gasteiger charge is -2.16. The van der Waals surface area contributed by atoms with Crippen molar-refractivity contribution in [2.45, 2.75) is 32.2 Å². The summed E-state index contributed by atoms with van der Waals surface area (Å²) in [4.78, 5) is 13.5. The van der Waals surface area contributed by atoms with Crippen molar-refractivity contribution in [3.8, 4) is 17.4 Å². The van der Waals surface area contributed by atoms with Crippen LogP contribution in [0, 0.1) is 0 Å². The van der Waals surface area contributed by atoms with Gasteiger partial charge in [-0.15, -0.1) is 0 Å². The lowest BCUT2D eigenvalue weighted by molar-refractivity contribution is 0.290. The zero-order valence-corrected chi connectivity index (χ0v) is 17.0. The zero-order chi connectivity index (χ0) is 20.4. The Morgan fingerprint density at radius 2 is 1.73 bits per heavy atom. The number of benzene rings is 1. The Hall–Kier alpha value is -3.41. The molecule has 0 saturated carbocycles. The fraction of sp³-hybridized carbons (Fsp3) is 0.292. The Labute approximate surface area is 177 Å². The number of aromatic nitrogens is 2. The van der Waals surface area contributed by atoms with Crippen molar-refractivity contribution in [2.75, 3.05) is 13.2 Å². The number of para-hydroxylation sites is 2. The number of hydrogen-bond donors (Lipinski definition) is 1. The predicted octanol–water partition coefficient (Wildman–Crippen LogP) is 4.76. The van der Waals surface area contributed by atoms with Gasteiger partial charge in [0.05, 0.1) is 12.2 Å². The first kappa shape index (κ1) is 19.9. The van der Waals surface area contributed by atoms with E-state index in [9.17, 15) is 0 Å². The number of fused-ring (bicyclic) bond motifs is 2. The van der Waals surface area contributed by atoms with E-state index in [0.717, 1.165) is 54.9 Å². The molecule has 0 saturated heterocycles. The molecule has 6 nitrogen and oxygen atoms in total. The van der Waals surface area contributed by atoms with Gasteiger partial charge in [-0.05, 0) is 55.2 Å². The van der Waals surface area contributed by atoms with E-state index in [1.807, 2.05) is 54.7 Å². The van der Waals surface area contributed by atoms with Crippen LogP contribution in [0.1, 0.15) is 36.8 Å². The molecular weight excluding hydrogens is 376 g/mol. The quantitative estimate of drug-likeness (QED) is 0.669. The van der Waals surface area contributed by atoms with Gasteiger partial charge in [-0.25, -0.2) is 4.98 Å². The fourth-order valence-corrected chi connectivity index (χ4v) is 3.28. The summed E-state index contributed by atoms with van der Waals surface area (Å²) >= 11 is 0. The van der Waals surface area contributed by atoms with Gasteiger partial charge in [0.1, 0.15) is 5.84 Å². The van der Waals surface area contributed by atoms with Crippen LogP contribution in [-0.4, -0.2) is 29.0 Å². The molecule has 0 radical (unpaired) electrons. The van der Waals surface area contributed by atoms with Crippen molar-refractivity contribution in [3.05, 3.63) is 78.2 Å². The molecule has 3 heterocycles. The van der Waals surface area contributed by atoms with Gasteiger partial charge in [0.2, 0.25) is 5.88 Å². The van der Waals surface area contributed by atoms with Gasteiger partial charge in [0.25, 0.3) is 0 Å². The third-order valence-corrected chi connectivity index (χ3v) is 4.84. The average Bonchev–Trinajstić information content (AvgIpc) is 2.79. The molecule has 6 heteroatoms. The third-order valence-electron chi connectivity index (χ3n) is 4.84. The molecule has 0 fully saturated rings. The Kier molecular flexibility index (Phi) is 6.89. The van der Waals surface area contributed by atoms with E-state index in [1.165, 1.54) is 0 Å². The van der Waals surface area contributed by atoms with Crippen LogP contribution in [0.15, 0.2) is 72.1 Å². The van der Waals surface area contributed by atoms with Gasteiger partial charge in [-0.1, -0.05) is 24.6 Å². The highest BCUT2D eigenvalue weighted by Gasteiger charge is 2.15. The average molecular weight is 402 g/mol. The lowest BCUT2D eigenvalue weighted by Crippen LogP contribution is -2.25. The van der Waals surface area contributed by atoms with Crippen molar-refractivity contribution < 1.29 is 9.47 Å². The second kappa shape index (κ2) is 10.4. The monoisotopic (exact) mass is 402 g/mol. The van der Waals surface area contributed by atoms with E-state index >= 15 is 0 Å². The standard InChI is InChI=1S/C24H26N4O2/c1-2-6-16-29-21-11-3-4-12-22(21)30-24-20(10-8-15-27-24)23(26-14-5-1)28-18-19-9-7-13-25-17-19/h3-4,7-13,15,17H,1-2,5-6,14,16,18H2,(H,26,28). The van der Waals surface area contributed by atoms with Crippen LogP contribution in [0.5, 0.6) is 17.4 Å². The first-order chi connectivity index (χ1) is 14.9. The Morgan fingerprint density at radius 1 is 0.867 bits per heavy atom. The van der Waals surface area contributed by atoms with E-state index in [2.05, 4.69) is 15.3 Å². The molecule has 0 bridgehead atoms. The van der Waals surface area contributed by atoms with Crippen molar-refractivity contribution in [2.24, 2.45) is 4.99 Å². The number of amidine groups is 1. The molecule has 3 aromatic rings. The molecule has 1 aromatic carbocycles. The summed E-state index contributed by atoms with van der Waals surface area (Å²) in [5, 5.41) is 3.46. The normalized spacial score (nSPS) is 14.7. The van der Waals surface area contributed by atoms with Gasteiger partial charge in [-0.2, -0.15) is 0 Å². The fourth-order valence-electron chi connectivity index (χ4n) is 3.28. The highest BCUT2D eigenvalue weighted by atomic mass is 16.5. The SMILES string of the molecule is c1cncc(CNC2=NCCCCCCOc3ccccc3Oc3ncccc32)c1. The Bertz CT molecular complexity index is 976. The van der Waals surface area contributed by atoms with Gasteiger partial charge in [-0.3, -0.25) is 9.98 Å².